The lowest BCUT2D eigenvalue weighted by atomic mass is 9.49. The molecule has 1 aromatic heterocycles. The topological polar surface area (TPSA) is 61.6 Å². The lowest BCUT2D eigenvalue weighted by Crippen LogP contribution is -2.54. The average Bonchev–Trinajstić information content (AvgIpc) is 2.99. The molecule has 6 rings (SSSR count). The maximum atomic E-state index is 13.3. The molecule has 0 aromatic carbocycles. The number of piperidine rings is 1. The first-order valence-corrected chi connectivity index (χ1v) is 12.3. The molecule has 0 spiro atoms. The van der Waals surface area contributed by atoms with Crippen LogP contribution < -0.4 is 4.90 Å². The first-order valence-electron chi connectivity index (χ1n) is 11.9. The average molecular weight is 445 g/mol. The number of ketones is 1. The van der Waals surface area contributed by atoms with Gasteiger partial charge >= 0.3 is 0 Å². The van der Waals surface area contributed by atoms with E-state index in [0.29, 0.717) is 46.7 Å². The number of aromatic nitrogens is 2. The van der Waals surface area contributed by atoms with Crippen molar-refractivity contribution in [1.29, 1.82) is 0 Å². The Morgan fingerprint density at radius 2 is 1.90 bits per heavy atom. The molecule has 1 N–H and O–H groups in total. The van der Waals surface area contributed by atoms with Gasteiger partial charge in [-0.15, -0.1) is 0 Å². The molecular weight excluding hydrogens is 411 g/mol. The van der Waals surface area contributed by atoms with E-state index in [4.69, 9.17) is 19.6 Å². The molecule has 4 saturated carbocycles. The van der Waals surface area contributed by atoms with E-state index in [9.17, 15) is 9.90 Å². The molecule has 6 nitrogen and oxygen atoms in total. The first kappa shape index (κ1) is 21.8. The van der Waals surface area contributed by atoms with Gasteiger partial charge in [0.15, 0.2) is 13.8 Å². The summed E-state index contributed by atoms with van der Waals surface area (Å²) in [7, 11) is 9.79. The van der Waals surface area contributed by atoms with E-state index in [0.717, 1.165) is 57.6 Å². The van der Waals surface area contributed by atoms with Crippen LogP contribution in [0.4, 0.5) is 5.82 Å². The van der Waals surface area contributed by atoms with E-state index in [1.165, 1.54) is 12.8 Å². The summed E-state index contributed by atoms with van der Waals surface area (Å²) in [6.45, 7) is 2.72. The molecule has 1 aliphatic heterocycles. The zero-order valence-corrected chi connectivity index (χ0v) is 19.5. The molecule has 1 aromatic rings. The predicted molar refractivity (Wildman–Crippen MR) is 122 cm³/mol. The first-order chi connectivity index (χ1) is 14.7. The summed E-state index contributed by atoms with van der Waals surface area (Å²) in [6, 6.07) is 0. The standard InChI is InChI=1S/C23H34BClN4O2/c1-27(13-14-3-5-29(24)6-4-14)22-20(25)21(26-28(22)2)19(30)9-18-16-7-15-8-17(18)12-23(31,10-15)11-16/h14-18,31H,3-13H2,1-2H3. The highest BCUT2D eigenvalue weighted by molar-refractivity contribution is 6.36. The van der Waals surface area contributed by atoms with E-state index >= 15 is 0 Å². The van der Waals surface area contributed by atoms with Crippen molar-refractivity contribution >= 4 is 31.2 Å². The molecule has 0 amide bonds. The summed E-state index contributed by atoms with van der Waals surface area (Å²) >= 11 is 6.74. The quantitative estimate of drug-likeness (QED) is 0.540. The molecular formula is C23H34BClN4O2. The van der Waals surface area contributed by atoms with Crippen molar-refractivity contribution in [2.45, 2.75) is 57.0 Å². The summed E-state index contributed by atoms with van der Waals surface area (Å²) in [5, 5.41) is 15.9. The second-order valence-electron chi connectivity index (χ2n) is 11.0. The van der Waals surface area contributed by atoms with Crippen LogP contribution in [0.3, 0.4) is 0 Å². The molecule has 8 heteroatoms. The Bertz CT molecular complexity index is 837. The van der Waals surface area contributed by atoms with E-state index in [1.807, 2.05) is 18.9 Å². The molecule has 5 aliphatic rings. The van der Waals surface area contributed by atoms with E-state index in [2.05, 4.69) is 10.00 Å². The molecule has 31 heavy (non-hydrogen) atoms. The monoisotopic (exact) mass is 444 g/mol. The van der Waals surface area contributed by atoms with Crippen LogP contribution in [0.2, 0.25) is 5.02 Å². The van der Waals surface area contributed by atoms with E-state index < -0.39 is 5.60 Å². The van der Waals surface area contributed by atoms with Crippen molar-refractivity contribution in [3.63, 3.8) is 0 Å². The van der Waals surface area contributed by atoms with Crippen molar-refractivity contribution in [2.24, 2.45) is 36.6 Å². The highest BCUT2D eigenvalue weighted by atomic mass is 35.5. The van der Waals surface area contributed by atoms with Crippen LogP contribution in [0, 0.1) is 29.6 Å². The molecule has 2 radical (unpaired) electrons. The molecule has 4 aliphatic carbocycles. The second kappa shape index (κ2) is 8.07. The van der Waals surface area contributed by atoms with E-state index in [1.54, 1.807) is 4.68 Å². The number of aryl methyl sites for hydroxylation is 1. The molecule has 2 atom stereocenters. The fraction of sp³-hybridized carbons (Fsp3) is 0.826. The summed E-state index contributed by atoms with van der Waals surface area (Å²) < 4.78 is 1.76. The smallest absolute Gasteiger partial charge is 0.184 e. The third-order valence-electron chi connectivity index (χ3n) is 8.62. The Kier molecular flexibility index (Phi) is 5.67. The van der Waals surface area contributed by atoms with Gasteiger partial charge in [0.2, 0.25) is 0 Å². The highest BCUT2D eigenvalue weighted by Crippen LogP contribution is 2.59. The number of carbonyl (C=O) groups is 1. The van der Waals surface area contributed by atoms with Crippen LogP contribution in [0.25, 0.3) is 0 Å². The lowest BCUT2D eigenvalue weighted by molar-refractivity contribution is -0.151. The van der Waals surface area contributed by atoms with Gasteiger partial charge < -0.3 is 14.8 Å². The number of hydrogen-bond donors (Lipinski definition) is 1. The van der Waals surface area contributed by atoms with Crippen molar-refractivity contribution < 1.29 is 9.90 Å². The Morgan fingerprint density at radius 3 is 2.52 bits per heavy atom. The van der Waals surface area contributed by atoms with Gasteiger partial charge in [0, 0.05) is 27.1 Å². The summed E-state index contributed by atoms with van der Waals surface area (Å²) in [4.78, 5) is 17.3. The fourth-order valence-corrected chi connectivity index (χ4v) is 7.83. The van der Waals surface area contributed by atoms with Gasteiger partial charge in [0.1, 0.15) is 16.5 Å². The Hall–Kier alpha value is -1.05. The van der Waals surface area contributed by atoms with Crippen molar-refractivity contribution in [2.75, 3.05) is 31.6 Å². The van der Waals surface area contributed by atoms with Gasteiger partial charge in [-0.1, -0.05) is 11.6 Å². The molecule has 5 fully saturated rings. The Balaban J connectivity index is 1.27. The Morgan fingerprint density at radius 1 is 1.26 bits per heavy atom. The zero-order valence-electron chi connectivity index (χ0n) is 18.8. The van der Waals surface area contributed by atoms with Crippen LogP contribution in [0.5, 0.6) is 0 Å². The number of hydrogen-bond acceptors (Lipinski definition) is 5. The van der Waals surface area contributed by atoms with Gasteiger partial charge in [-0.05, 0) is 87.6 Å². The molecule has 2 heterocycles. The zero-order chi connectivity index (χ0) is 21.9. The highest BCUT2D eigenvalue weighted by Gasteiger charge is 2.54. The molecule has 168 valence electrons. The number of nitrogens with zero attached hydrogens (tertiary/aromatic N) is 4. The minimum absolute atomic E-state index is 0.0566. The predicted octanol–water partition coefficient (Wildman–Crippen LogP) is 3.07. The minimum Gasteiger partial charge on any atom is -0.390 e. The molecule has 1 saturated heterocycles. The number of anilines is 1. The third kappa shape index (κ3) is 4.06. The molecule has 2 unspecified atom stereocenters. The minimum atomic E-state index is -0.464. The van der Waals surface area contributed by atoms with Crippen molar-refractivity contribution in [3.8, 4) is 0 Å². The normalized spacial score (nSPS) is 35.6. The van der Waals surface area contributed by atoms with Crippen molar-refractivity contribution in [1.82, 2.24) is 14.6 Å². The maximum Gasteiger partial charge on any atom is 0.184 e. The number of aliphatic hydroxyl groups is 1. The van der Waals surface area contributed by atoms with E-state index in [-0.39, 0.29) is 5.78 Å². The SMILES string of the molecule is [B]N1CCC(CN(C)c2c(Cl)c(C(=O)CC3C4CC5CC3CC(O)(C5)C4)nn2C)CC1. The van der Waals surface area contributed by atoms with Crippen LogP contribution >= 0.6 is 11.6 Å². The second-order valence-corrected chi connectivity index (χ2v) is 11.3. The van der Waals surface area contributed by atoms with Gasteiger partial charge in [-0.3, -0.25) is 9.48 Å². The van der Waals surface area contributed by atoms with Crippen molar-refractivity contribution in [3.05, 3.63) is 10.7 Å². The molecule has 4 bridgehead atoms. The van der Waals surface area contributed by atoms with Crippen LogP contribution in [0.15, 0.2) is 0 Å². The van der Waals surface area contributed by atoms with Crippen LogP contribution in [-0.2, 0) is 7.05 Å². The number of rotatable bonds is 6. The van der Waals surface area contributed by atoms with Crippen LogP contribution in [-0.4, -0.2) is 65.7 Å². The fourth-order valence-electron chi connectivity index (χ4n) is 7.42. The summed E-state index contributed by atoms with van der Waals surface area (Å²) in [6.07, 6.45) is 7.68. The van der Waals surface area contributed by atoms with Gasteiger partial charge in [0.25, 0.3) is 0 Å². The summed E-state index contributed by atoms with van der Waals surface area (Å²) in [5.74, 6) is 3.40. The number of Topliss-reactive ketones (excluding diaryl/α,β-unsaturated/α-hetero) is 1. The van der Waals surface area contributed by atoms with Crippen LogP contribution in [0.1, 0.15) is 61.9 Å². The third-order valence-corrected chi connectivity index (χ3v) is 8.97. The van der Waals surface area contributed by atoms with Gasteiger partial charge in [-0.2, -0.15) is 5.10 Å². The van der Waals surface area contributed by atoms with Gasteiger partial charge in [-0.25, -0.2) is 0 Å². The summed E-state index contributed by atoms with van der Waals surface area (Å²) in [5.41, 5.74) is -0.0513. The van der Waals surface area contributed by atoms with Gasteiger partial charge in [0.05, 0.1) is 5.60 Å². The Labute approximate surface area is 191 Å². The maximum absolute atomic E-state index is 13.3. The number of carbonyl (C=O) groups excluding carboxylic acids is 1. The lowest BCUT2D eigenvalue weighted by Gasteiger charge is -2.58. The largest absolute Gasteiger partial charge is 0.390 e. The number of halogens is 1.